The van der Waals surface area contributed by atoms with E-state index in [0.29, 0.717) is 38.0 Å². The normalized spacial score (nSPS) is 21.9. The van der Waals surface area contributed by atoms with Gasteiger partial charge in [0, 0.05) is 54.7 Å². The first-order valence-electron chi connectivity index (χ1n) is 26.5. The van der Waals surface area contributed by atoms with Gasteiger partial charge in [0.05, 0.1) is 44.7 Å². The first-order valence-corrected chi connectivity index (χ1v) is 27.5. The van der Waals surface area contributed by atoms with Gasteiger partial charge < -0.3 is 44.0 Å². The molecule has 0 saturated heterocycles. The van der Waals surface area contributed by atoms with Crippen molar-refractivity contribution >= 4 is 23.4 Å². The fourth-order valence-electron chi connectivity index (χ4n) is 10.8. The van der Waals surface area contributed by atoms with Crippen LogP contribution in [0, 0.1) is 17.8 Å². The third-order valence-electron chi connectivity index (χ3n) is 14.2. The van der Waals surface area contributed by atoms with Gasteiger partial charge in [0.25, 0.3) is 0 Å². The lowest BCUT2D eigenvalue weighted by molar-refractivity contribution is -0.258. The number of amides is 1. The van der Waals surface area contributed by atoms with E-state index in [1.807, 2.05) is 65.6 Å². The highest BCUT2D eigenvalue weighted by molar-refractivity contribution is 7.99. The zero-order valence-electron chi connectivity index (χ0n) is 41.9. The van der Waals surface area contributed by atoms with Gasteiger partial charge in [0.15, 0.2) is 0 Å². The molecule has 0 spiro atoms. The Morgan fingerprint density at radius 2 is 1.56 bits per heavy atom. The van der Waals surface area contributed by atoms with Crippen LogP contribution in [0.1, 0.15) is 133 Å². The Hall–Kier alpha value is -4.17. The van der Waals surface area contributed by atoms with Crippen LogP contribution in [0.4, 0.5) is 0 Å². The molecule has 1 amide bonds. The van der Waals surface area contributed by atoms with Crippen LogP contribution in [0.3, 0.4) is 0 Å². The van der Waals surface area contributed by atoms with Crippen molar-refractivity contribution in [2.24, 2.45) is 22.9 Å². The number of ether oxygens (including phenoxy) is 4. The van der Waals surface area contributed by atoms with Gasteiger partial charge in [-0.2, -0.15) is 0 Å². The van der Waals surface area contributed by atoms with Crippen molar-refractivity contribution in [2.45, 2.75) is 145 Å². The Morgan fingerprint density at radius 1 is 0.843 bits per heavy atom. The summed E-state index contributed by atoms with van der Waals surface area (Å²) < 4.78 is 27.1. The summed E-state index contributed by atoms with van der Waals surface area (Å²) in [5.41, 5.74) is 3.76. The maximum absolute atomic E-state index is 15.0. The second kappa shape index (κ2) is 30.7. The number of hydrogen-bond donors (Lipinski definition) is 3. The van der Waals surface area contributed by atoms with E-state index in [1.54, 1.807) is 17.8 Å². The molecule has 3 aliphatic rings. The largest absolute Gasteiger partial charge is 0.493 e. The van der Waals surface area contributed by atoms with Gasteiger partial charge in [-0.25, -0.2) is 0 Å². The van der Waals surface area contributed by atoms with Crippen molar-refractivity contribution < 1.29 is 43.9 Å². The summed E-state index contributed by atoms with van der Waals surface area (Å²) >= 11 is 1.76. The van der Waals surface area contributed by atoms with Crippen LogP contribution >= 0.6 is 11.8 Å². The molecular formula is C58H82N2O9S. The molecule has 1 aliphatic heterocycles. The molecule has 6 atom stereocenters. The summed E-state index contributed by atoms with van der Waals surface area (Å²) in [4.78, 5) is 24.5. The summed E-state index contributed by atoms with van der Waals surface area (Å²) in [7, 11) is 0. The molecule has 1 saturated carbocycles. The van der Waals surface area contributed by atoms with E-state index in [-0.39, 0.29) is 76.5 Å². The summed E-state index contributed by atoms with van der Waals surface area (Å²) in [5, 5.41) is 34.8. The first kappa shape index (κ1) is 55.1. The fraction of sp³-hybridized carbons (Fsp3) is 0.586. The Morgan fingerprint density at radius 3 is 2.27 bits per heavy atom. The number of benzene rings is 3. The number of aliphatic hydroxyl groups excluding tert-OH is 3. The maximum Gasteiger partial charge on any atom is 0.239 e. The van der Waals surface area contributed by atoms with Crippen LogP contribution in [-0.2, 0) is 25.7 Å². The molecule has 6 unspecified atom stereocenters. The number of allylic oxidation sites excluding steroid dienone is 1. The fourth-order valence-corrected chi connectivity index (χ4v) is 11.6. The second-order valence-electron chi connectivity index (χ2n) is 19.0. The topological polar surface area (TPSA) is 140 Å². The summed E-state index contributed by atoms with van der Waals surface area (Å²) in [5.74, 6) is 0.426. The molecule has 0 bridgehead atoms. The van der Waals surface area contributed by atoms with Gasteiger partial charge in [0.1, 0.15) is 24.1 Å². The van der Waals surface area contributed by atoms with E-state index in [4.69, 9.17) is 28.9 Å². The molecule has 6 rings (SSSR count). The number of thioether (sulfide) groups is 1. The number of aliphatic hydroxyl groups is 3. The number of nitrogens with zero attached hydrogens (tertiary/aromatic N) is 2. The van der Waals surface area contributed by atoms with Crippen LogP contribution < -0.4 is 9.47 Å². The quantitative estimate of drug-likeness (QED) is 0.0226. The number of fused-ring (bicyclic) bond motifs is 2. The van der Waals surface area contributed by atoms with Crippen molar-refractivity contribution in [1.29, 1.82) is 0 Å². The summed E-state index contributed by atoms with van der Waals surface area (Å²) in [6.07, 6.45) is 19.8. The lowest BCUT2D eigenvalue weighted by Crippen LogP contribution is -2.70. The van der Waals surface area contributed by atoms with Crippen LogP contribution in [0.5, 0.6) is 11.5 Å². The second-order valence-corrected chi connectivity index (χ2v) is 20.2. The molecule has 0 radical (unpaired) electrons. The zero-order valence-corrected chi connectivity index (χ0v) is 42.8. The standard InChI is InChI=1S/C58H82N2O9S/c1-3-5-6-7-8-9-10-11-18-29-55(64)60(32-37-65-38-35-63)54-43-52(59-68-44-45-23-14-12-15-24-45)50-41-46(25-19-21-33-61)49(28-20-22-34-62)56-51-42-47(66-39-40-70-48-26-16-13-17-27-48)30-31-53(51)69-58(54,57(50)56)67-36-4-2/h4,12-17,23-24,26-27,30-31,41-42,46,49,54,56-57,61-63H,2-3,5-11,18-22,25,28-29,32-40,43-44H2,1H3. The van der Waals surface area contributed by atoms with E-state index in [9.17, 15) is 15.3 Å². The van der Waals surface area contributed by atoms with E-state index in [1.165, 1.54) is 43.4 Å². The predicted molar refractivity (Wildman–Crippen MR) is 280 cm³/mol. The SMILES string of the molecule is C=CCOC12Oc3ccc(OCCSc4ccccc4)cc3C3C(CCCCO)C(CCCCO)C=C(C(=NOCc4ccccc4)CC1N(CCOCCO)C(=O)CCCCCCCCCCC)C32. The van der Waals surface area contributed by atoms with Crippen molar-refractivity contribution in [2.75, 3.05) is 58.5 Å². The van der Waals surface area contributed by atoms with Gasteiger partial charge >= 0.3 is 0 Å². The molecular weight excluding hydrogens is 901 g/mol. The smallest absolute Gasteiger partial charge is 0.239 e. The molecule has 384 valence electrons. The number of rotatable bonds is 35. The van der Waals surface area contributed by atoms with E-state index < -0.39 is 17.7 Å². The first-order chi connectivity index (χ1) is 34.5. The number of hydrogen-bond acceptors (Lipinski definition) is 11. The van der Waals surface area contributed by atoms with Crippen molar-refractivity contribution in [3.63, 3.8) is 0 Å². The van der Waals surface area contributed by atoms with Crippen LogP contribution in [0.2, 0.25) is 0 Å². The lowest BCUT2D eigenvalue weighted by atomic mass is 9.55. The minimum Gasteiger partial charge on any atom is -0.493 e. The number of oxime groups is 1. The molecule has 3 N–H and O–H groups in total. The van der Waals surface area contributed by atoms with Crippen molar-refractivity contribution in [1.82, 2.24) is 4.90 Å². The molecule has 0 aromatic heterocycles. The van der Waals surface area contributed by atoms with Crippen molar-refractivity contribution in [3.05, 3.63) is 114 Å². The third-order valence-corrected chi connectivity index (χ3v) is 15.1. The van der Waals surface area contributed by atoms with Gasteiger partial charge in [-0.15, -0.1) is 18.3 Å². The van der Waals surface area contributed by atoms with Crippen LogP contribution in [0.25, 0.3) is 0 Å². The Kier molecular flexibility index (Phi) is 24.1. The average Bonchev–Trinajstić information content (AvgIpc) is 3.38. The summed E-state index contributed by atoms with van der Waals surface area (Å²) in [6.45, 7) is 8.06. The van der Waals surface area contributed by atoms with Gasteiger partial charge in [-0.1, -0.05) is 137 Å². The molecule has 2 aliphatic carbocycles. The number of carbonyl (C=O) groups excluding carboxylic acids is 1. The Balaban J connectivity index is 1.44. The van der Waals surface area contributed by atoms with Gasteiger partial charge in [0.2, 0.25) is 11.7 Å². The zero-order chi connectivity index (χ0) is 49.2. The molecule has 1 fully saturated rings. The van der Waals surface area contributed by atoms with Crippen molar-refractivity contribution in [3.8, 4) is 11.5 Å². The lowest BCUT2D eigenvalue weighted by Gasteiger charge is -2.60. The van der Waals surface area contributed by atoms with Gasteiger partial charge in [-0.05, 0) is 85.4 Å². The molecule has 1 heterocycles. The number of unbranched alkanes of at least 4 members (excludes halogenated alkanes) is 10. The summed E-state index contributed by atoms with van der Waals surface area (Å²) in [6, 6.07) is 25.8. The molecule has 3 aromatic carbocycles. The minimum atomic E-state index is -1.37. The third kappa shape index (κ3) is 15.7. The van der Waals surface area contributed by atoms with E-state index >= 15 is 4.79 Å². The molecule has 12 heteroatoms. The predicted octanol–water partition coefficient (Wildman–Crippen LogP) is 11.4. The Labute approximate surface area is 423 Å². The molecule has 3 aromatic rings. The van der Waals surface area contributed by atoms with Gasteiger partial charge in [-0.3, -0.25) is 4.79 Å². The average molecular weight is 983 g/mol. The highest BCUT2D eigenvalue weighted by Crippen LogP contribution is 2.62. The number of carbonyl (C=O) groups is 1. The van der Waals surface area contributed by atoms with Crippen LogP contribution in [-0.4, -0.2) is 102 Å². The highest BCUT2D eigenvalue weighted by atomic mass is 32.2. The van der Waals surface area contributed by atoms with E-state index in [0.717, 1.165) is 78.9 Å². The van der Waals surface area contributed by atoms with E-state index in [2.05, 4.69) is 37.8 Å². The maximum atomic E-state index is 15.0. The highest BCUT2D eigenvalue weighted by Gasteiger charge is 2.65. The monoisotopic (exact) mass is 983 g/mol. The molecule has 11 nitrogen and oxygen atoms in total. The minimum absolute atomic E-state index is 0.000594. The van der Waals surface area contributed by atoms with Crippen LogP contribution in [0.15, 0.2) is 113 Å². The molecule has 70 heavy (non-hydrogen) atoms. The Bertz CT molecular complexity index is 2030.